The van der Waals surface area contributed by atoms with Crippen LogP contribution in [0.25, 0.3) is 0 Å². The summed E-state index contributed by atoms with van der Waals surface area (Å²) in [6.07, 6.45) is 1.65. The summed E-state index contributed by atoms with van der Waals surface area (Å²) in [5, 5.41) is 5.78. The lowest BCUT2D eigenvalue weighted by Crippen LogP contribution is -2.45. The fraction of sp³-hybridized carbons (Fsp3) is 0.667. The number of hydrogen-bond acceptors (Lipinski definition) is 5. The highest BCUT2D eigenvalue weighted by Crippen LogP contribution is 2.17. The first kappa shape index (κ1) is 16.8. The van der Waals surface area contributed by atoms with E-state index in [1.165, 1.54) is 0 Å². The number of likely N-dealkylation sites (N-methyl/N-ethyl adjacent to an activating group) is 1. The Hall–Kier alpha value is -1.57. The highest BCUT2D eigenvalue weighted by atomic mass is 16.5. The Morgan fingerprint density at radius 3 is 2.77 bits per heavy atom. The van der Waals surface area contributed by atoms with E-state index in [-0.39, 0.29) is 12.1 Å². The molecule has 0 bridgehead atoms. The molecular weight excluding hydrogens is 284 g/mol. The molecule has 2 rings (SSSR count). The van der Waals surface area contributed by atoms with Crippen molar-refractivity contribution < 1.29 is 13.9 Å². The van der Waals surface area contributed by atoms with Crippen LogP contribution in [-0.2, 0) is 4.74 Å². The molecule has 2 heterocycles. The number of amides is 2. The second-order valence-electron chi connectivity index (χ2n) is 5.59. The monoisotopic (exact) mass is 310 g/mol. The fourth-order valence-electron chi connectivity index (χ4n) is 2.42. The molecule has 1 aromatic rings. The summed E-state index contributed by atoms with van der Waals surface area (Å²) in [5.74, 6) is 0.846. The molecule has 1 atom stereocenters. The maximum atomic E-state index is 11.9. The van der Waals surface area contributed by atoms with Crippen molar-refractivity contribution in [3.8, 4) is 0 Å². The summed E-state index contributed by atoms with van der Waals surface area (Å²) in [6, 6.07) is 3.66. The van der Waals surface area contributed by atoms with Gasteiger partial charge in [-0.2, -0.15) is 0 Å². The molecular formula is C15H26N4O3. The summed E-state index contributed by atoms with van der Waals surface area (Å²) in [7, 11) is 3.93. The minimum Gasteiger partial charge on any atom is -0.468 e. The first-order valence-corrected chi connectivity index (χ1v) is 7.68. The zero-order valence-corrected chi connectivity index (χ0v) is 13.4. The number of carbonyl (C=O) groups excluding carboxylic acids is 1. The summed E-state index contributed by atoms with van der Waals surface area (Å²) < 4.78 is 10.7. The maximum Gasteiger partial charge on any atom is 0.314 e. The van der Waals surface area contributed by atoms with Crippen LogP contribution < -0.4 is 10.6 Å². The molecule has 1 aliphatic heterocycles. The van der Waals surface area contributed by atoms with E-state index >= 15 is 0 Å². The Morgan fingerprint density at radius 1 is 1.36 bits per heavy atom. The van der Waals surface area contributed by atoms with Crippen LogP contribution in [-0.4, -0.2) is 75.9 Å². The number of morpholine rings is 1. The van der Waals surface area contributed by atoms with Gasteiger partial charge in [0.2, 0.25) is 0 Å². The maximum absolute atomic E-state index is 11.9. The van der Waals surface area contributed by atoms with Crippen LogP contribution in [0.2, 0.25) is 0 Å². The zero-order chi connectivity index (χ0) is 15.8. The molecule has 1 saturated heterocycles. The van der Waals surface area contributed by atoms with Crippen molar-refractivity contribution in [1.29, 1.82) is 0 Å². The zero-order valence-electron chi connectivity index (χ0n) is 13.4. The van der Waals surface area contributed by atoms with Crippen molar-refractivity contribution in [2.45, 2.75) is 6.04 Å². The first-order valence-electron chi connectivity index (χ1n) is 7.68. The normalized spacial score (nSPS) is 17.4. The highest BCUT2D eigenvalue weighted by molar-refractivity contribution is 5.73. The van der Waals surface area contributed by atoms with Crippen LogP contribution in [0, 0.1) is 0 Å². The lowest BCUT2D eigenvalue weighted by atomic mass is 10.2. The topological polar surface area (TPSA) is 70.0 Å². The predicted octanol–water partition coefficient (Wildman–Crippen LogP) is 0.514. The van der Waals surface area contributed by atoms with Crippen LogP contribution in [0.4, 0.5) is 4.79 Å². The van der Waals surface area contributed by atoms with Crippen molar-refractivity contribution >= 4 is 6.03 Å². The second-order valence-corrected chi connectivity index (χ2v) is 5.59. The number of nitrogens with zero attached hydrogens (tertiary/aromatic N) is 2. The molecule has 7 heteroatoms. The smallest absolute Gasteiger partial charge is 0.314 e. The quantitative estimate of drug-likeness (QED) is 0.768. The molecule has 2 amide bonds. The van der Waals surface area contributed by atoms with Gasteiger partial charge in [-0.3, -0.25) is 9.80 Å². The summed E-state index contributed by atoms with van der Waals surface area (Å²) in [4.78, 5) is 16.2. The van der Waals surface area contributed by atoms with Crippen molar-refractivity contribution in [2.24, 2.45) is 0 Å². The Bertz CT molecular complexity index is 430. The van der Waals surface area contributed by atoms with E-state index in [0.717, 1.165) is 38.6 Å². The molecule has 0 unspecified atom stereocenters. The van der Waals surface area contributed by atoms with E-state index in [2.05, 4.69) is 15.5 Å². The van der Waals surface area contributed by atoms with E-state index in [1.807, 2.05) is 31.1 Å². The van der Waals surface area contributed by atoms with Gasteiger partial charge in [-0.25, -0.2) is 4.79 Å². The van der Waals surface area contributed by atoms with Crippen LogP contribution in [0.15, 0.2) is 22.8 Å². The highest BCUT2D eigenvalue weighted by Gasteiger charge is 2.17. The molecule has 0 aromatic carbocycles. The minimum atomic E-state index is -0.147. The van der Waals surface area contributed by atoms with Gasteiger partial charge < -0.3 is 19.8 Å². The first-order chi connectivity index (χ1) is 10.7. The van der Waals surface area contributed by atoms with E-state index < -0.39 is 0 Å². The van der Waals surface area contributed by atoms with Crippen molar-refractivity contribution in [3.63, 3.8) is 0 Å². The van der Waals surface area contributed by atoms with Crippen LogP contribution in [0.3, 0.4) is 0 Å². The van der Waals surface area contributed by atoms with Gasteiger partial charge in [-0.1, -0.05) is 0 Å². The lowest BCUT2D eigenvalue weighted by Gasteiger charge is -2.26. The van der Waals surface area contributed by atoms with Crippen LogP contribution in [0.1, 0.15) is 11.8 Å². The largest absolute Gasteiger partial charge is 0.468 e. The average molecular weight is 310 g/mol. The van der Waals surface area contributed by atoms with E-state index in [4.69, 9.17) is 9.15 Å². The number of furan rings is 1. The molecule has 124 valence electrons. The Balaban J connectivity index is 1.65. The minimum absolute atomic E-state index is 0.0278. The summed E-state index contributed by atoms with van der Waals surface area (Å²) in [6.45, 7) is 5.42. The predicted molar refractivity (Wildman–Crippen MR) is 83.8 cm³/mol. The number of urea groups is 1. The third kappa shape index (κ3) is 5.32. The van der Waals surface area contributed by atoms with E-state index in [1.54, 1.807) is 6.26 Å². The van der Waals surface area contributed by atoms with Gasteiger partial charge >= 0.3 is 6.03 Å². The van der Waals surface area contributed by atoms with Gasteiger partial charge in [-0.15, -0.1) is 0 Å². The number of rotatable bonds is 7. The molecule has 0 aliphatic carbocycles. The number of hydrogen-bond donors (Lipinski definition) is 2. The van der Waals surface area contributed by atoms with Gasteiger partial charge in [-0.05, 0) is 26.2 Å². The second kappa shape index (κ2) is 8.77. The van der Waals surface area contributed by atoms with Gasteiger partial charge in [0.15, 0.2) is 0 Å². The molecule has 1 aliphatic rings. The summed E-state index contributed by atoms with van der Waals surface area (Å²) >= 11 is 0. The molecule has 7 nitrogen and oxygen atoms in total. The number of nitrogens with one attached hydrogen (secondary N) is 2. The number of carbonyl (C=O) groups is 1. The van der Waals surface area contributed by atoms with E-state index in [9.17, 15) is 4.79 Å². The van der Waals surface area contributed by atoms with Gasteiger partial charge in [0.05, 0.1) is 25.5 Å². The third-order valence-electron chi connectivity index (χ3n) is 3.77. The molecule has 2 N–H and O–H groups in total. The van der Waals surface area contributed by atoms with Crippen LogP contribution in [0.5, 0.6) is 0 Å². The van der Waals surface area contributed by atoms with Gasteiger partial charge in [0, 0.05) is 32.7 Å². The number of ether oxygens (including phenoxy) is 1. The molecule has 0 saturated carbocycles. The Labute approximate surface area is 131 Å². The standard InChI is InChI=1S/C15H26N4O3/c1-18(2)13(14-4-3-9-22-14)12-17-15(20)16-5-6-19-7-10-21-11-8-19/h3-4,9,13H,5-8,10-12H2,1-2H3,(H2,16,17,20)/t13-/m1/s1. The molecule has 1 fully saturated rings. The SMILES string of the molecule is CN(C)[C@H](CNC(=O)NCCN1CCOCC1)c1ccco1. The molecule has 1 aromatic heterocycles. The van der Waals surface area contributed by atoms with E-state index in [0.29, 0.717) is 13.1 Å². The van der Waals surface area contributed by atoms with Crippen LogP contribution >= 0.6 is 0 Å². The Kier molecular flexibility index (Phi) is 6.70. The molecule has 22 heavy (non-hydrogen) atoms. The lowest BCUT2D eigenvalue weighted by molar-refractivity contribution is 0.0387. The summed E-state index contributed by atoms with van der Waals surface area (Å²) in [5.41, 5.74) is 0. The molecule has 0 radical (unpaired) electrons. The molecule has 0 spiro atoms. The Morgan fingerprint density at radius 2 is 2.14 bits per heavy atom. The fourth-order valence-corrected chi connectivity index (χ4v) is 2.42. The third-order valence-corrected chi connectivity index (χ3v) is 3.77. The van der Waals surface area contributed by atoms with Crippen molar-refractivity contribution in [1.82, 2.24) is 20.4 Å². The van der Waals surface area contributed by atoms with Crippen molar-refractivity contribution in [2.75, 3.05) is 60.0 Å². The van der Waals surface area contributed by atoms with Gasteiger partial charge in [0.1, 0.15) is 5.76 Å². The van der Waals surface area contributed by atoms with Gasteiger partial charge in [0.25, 0.3) is 0 Å². The average Bonchev–Trinajstić information content (AvgIpc) is 3.02. The van der Waals surface area contributed by atoms with Crippen molar-refractivity contribution in [3.05, 3.63) is 24.2 Å².